The van der Waals surface area contributed by atoms with Crippen molar-refractivity contribution in [2.45, 2.75) is 130 Å². The summed E-state index contributed by atoms with van der Waals surface area (Å²) in [6, 6.07) is 39.0. The number of rotatable bonds is 1. The maximum absolute atomic E-state index is 2.79. The third-order valence-corrected chi connectivity index (χ3v) is 17.9. The predicted molar refractivity (Wildman–Crippen MR) is 279 cm³/mol. The van der Waals surface area contributed by atoms with Gasteiger partial charge in [0.25, 0.3) is 0 Å². The van der Waals surface area contributed by atoms with Gasteiger partial charge in [0.2, 0.25) is 0 Å². The summed E-state index contributed by atoms with van der Waals surface area (Å²) < 4.78 is 8.38. The molecule has 0 atom stereocenters. The predicted octanol–water partition coefficient (Wildman–Crippen LogP) is 15.8. The van der Waals surface area contributed by atoms with Gasteiger partial charge in [-0.3, -0.25) is 0 Å². The highest BCUT2D eigenvalue weighted by atomic mass is 32.1. The zero-order valence-electron chi connectivity index (χ0n) is 39.4. The molecule has 0 N–H and O–H groups in total. The van der Waals surface area contributed by atoms with Gasteiger partial charge < -0.3 is 9.38 Å². The molecule has 1 aliphatic carbocycles. The smallest absolute Gasteiger partial charge is 0.343 e. The van der Waals surface area contributed by atoms with Gasteiger partial charge in [-0.05, 0) is 133 Å². The van der Waals surface area contributed by atoms with Gasteiger partial charge in [-0.1, -0.05) is 132 Å². The third kappa shape index (κ3) is 5.42. The number of benzene rings is 6. The van der Waals surface area contributed by atoms with Gasteiger partial charge in [-0.2, -0.15) is 0 Å². The Morgan fingerprint density at radius 3 is 1.86 bits per heavy atom. The van der Waals surface area contributed by atoms with E-state index in [2.05, 4.69) is 196 Å². The summed E-state index contributed by atoms with van der Waals surface area (Å²) in [6.07, 6.45) is 2.38. The number of anilines is 2. The fourth-order valence-corrected chi connectivity index (χ4v) is 14.2. The van der Waals surface area contributed by atoms with Gasteiger partial charge in [-0.25, -0.2) is 0 Å². The Labute approximate surface area is 382 Å². The van der Waals surface area contributed by atoms with Crippen LogP contribution in [0.2, 0.25) is 0 Å². The van der Waals surface area contributed by atoms with Crippen molar-refractivity contribution in [2.24, 2.45) is 0 Å². The summed E-state index contributed by atoms with van der Waals surface area (Å²) in [7, 11) is 0. The lowest BCUT2D eigenvalue weighted by Crippen LogP contribution is -2.59. The summed E-state index contributed by atoms with van der Waals surface area (Å²) in [4.78, 5) is 2.74. The first-order valence-corrected chi connectivity index (χ1v) is 24.9. The van der Waals surface area contributed by atoms with Crippen LogP contribution in [0.1, 0.15) is 131 Å². The molecule has 3 aliphatic rings. The van der Waals surface area contributed by atoms with E-state index in [0.29, 0.717) is 0 Å². The lowest BCUT2D eigenvalue weighted by molar-refractivity contribution is 0.332. The molecule has 6 aromatic carbocycles. The normalized spacial score (nSPS) is 16.7. The maximum Gasteiger partial charge on any atom is 0.343 e. The second-order valence-corrected chi connectivity index (χ2v) is 25.8. The van der Waals surface area contributed by atoms with Gasteiger partial charge in [-0.15, -0.1) is 22.7 Å². The van der Waals surface area contributed by atoms with Crippen molar-refractivity contribution in [1.82, 2.24) is 4.57 Å². The molecule has 5 heteroatoms. The van der Waals surface area contributed by atoms with Crippen LogP contribution in [-0.4, -0.2) is 11.4 Å². The molecular weight excluding hydrogens is 800 g/mol. The van der Waals surface area contributed by atoms with Gasteiger partial charge in [0.05, 0.1) is 16.7 Å². The summed E-state index contributed by atoms with van der Waals surface area (Å²) in [5.74, 6) is 0. The topological polar surface area (TPSA) is 8.17 Å². The summed E-state index contributed by atoms with van der Waals surface area (Å²) >= 11 is 4.03. The van der Waals surface area contributed by atoms with E-state index in [1.807, 2.05) is 22.7 Å². The van der Waals surface area contributed by atoms with Crippen LogP contribution < -0.4 is 15.1 Å². The first-order valence-electron chi connectivity index (χ1n) is 23.3. The fraction of sp³-hybridized carbons (Fsp3) is 0.345. The largest absolute Gasteiger partial charge is 0.376 e. The van der Waals surface area contributed by atoms with Crippen LogP contribution in [0, 0.1) is 0 Å². The van der Waals surface area contributed by atoms with Crippen LogP contribution in [0.3, 0.4) is 0 Å². The molecule has 0 radical (unpaired) electrons. The Kier molecular flexibility index (Phi) is 7.88. The Balaban J connectivity index is 1.35. The van der Waals surface area contributed by atoms with Crippen LogP contribution in [0.4, 0.5) is 11.4 Å². The Hall–Kier alpha value is -4.84. The molecule has 0 fully saturated rings. The van der Waals surface area contributed by atoms with Crippen molar-refractivity contribution < 1.29 is 0 Å². The Bertz CT molecular complexity index is 3460. The maximum atomic E-state index is 2.79. The molecule has 63 heavy (non-hydrogen) atoms. The lowest BCUT2D eigenvalue weighted by Gasteiger charge is -2.42. The van der Waals surface area contributed by atoms with Gasteiger partial charge in [0, 0.05) is 62.7 Å². The highest BCUT2D eigenvalue weighted by molar-refractivity contribution is 7.32. The van der Waals surface area contributed by atoms with E-state index in [-0.39, 0.29) is 33.9 Å². The summed E-state index contributed by atoms with van der Waals surface area (Å²) in [6.45, 7) is 31.1. The molecule has 0 unspecified atom stereocenters. The van der Waals surface area contributed by atoms with Gasteiger partial charge in [0.1, 0.15) is 0 Å². The van der Waals surface area contributed by atoms with Crippen molar-refractivity contribution in [1.29, 1.82) is 0 Å². The van der Waals surface area contributed by atoms with E-state index in [1.54, 1.807) is 0 Å². The zero-order chi connectivity index (χ0) is 44.1. The average Bonchev–Trinajstić information content (AvgIpc) is 3.90. The molecule has 2 nitrogen and oxygen atoms in total. The highest BCUT2D eigenvalue weighted by Gasteiger charge is 2.48. The lowest BCUT2D eigenvalue weighted by atomic mass is 9.47. The summed E-state index contributed by atoms with van der Waals surface area (Å²) in [5, 5.41) is 7.01. The number of hydrogen-bond donors (Lipinski definition) is 0. The number of thiophene rings is 2. The van der Waals surface area contributed by atoms with Crippen molar-refractivity contribution in [3.8, 4) is 16.8 Å². The molecule has 9 aromatic rings. The molecule has 0 spiro atoms. The first-order chi connectivity index (χ1) is 29.6. The monoisotopic (exact) mass is 858 g/mol. The second kappa shape index (κ2) is 12.5. The van der Waals surface area contributed by atoms with Crippen molar-refractivity contribution in [3.05, 3.63) is 125 Å². The molecule has 0 amide bonds. The molecule has 316 valence electrons. The molecule has 5 heterocycles. The van der Waals surface area contributed by atoms with E-state index >= 15 is 0 Å². The van der Waals surface area contributed by atoms with Crippen LogP contribution in [0.5, 0.6) is 0 Å². The Morgan fingerprint density at radius 1 is 0.571 bits per heavy atom. The van der Waals surface area contributed by atoms with E-state index in [4.69, 9.17) is 0 Å². The number of fused-ring (bicyclic) bond motifs is 16. The minimum absolute atomic E-state index is 0.0147. The van der Waals surface area contributed by atoms with E-state index in [9.17, 15) is 0 Å². The van der Waals surface area contributed by atoms with Crippen molar-refractivity contribution >= 4 is 103 Å². The van der Waals surface area contributed by atoms with Gasteiger partial charge >= 0.3 is 6.85 Å². The minimum Gasteiger partial charge on any atom is -0.376 e. The number of hydrogen-bond acceptors (Lipinski definition) is 3. The highest BCUT2D eigenvalue weighted by Crippen LogP contribution is 2.56. The number of aromatic nitrogens is 1. The summed E-state index contributed by atoms with van der Waals surface area (Å²) in [5.41, 5.74) is 18.3. The van der Waals surface area contributed by atoms with E-state index < -0.39 is 0 Å². The average molecular weight is 859 g/mol. The van der Waals surface area contributed by atoms with Crippen LogP contribution in [0.25, 0.3) is 68.9 Å². The SMILES string of the molecule is CC(C)(C)c1ccc(N2B3c4sc5ccc(C(C)(C)C)cc5c4-n4c5cc6c(cc5c5c7sc8ccccc8c7c(c3c54)-c3cc(C(C)(C)C)ccc32)C(C)(C)CCC6(C)C)cc1. The molecule has 0 bridgehead atoms. The van der Waals surface area contributed by atoms with E-state index in [0.717, 1.165) is 0 Å². The Morgan fingerprint density at radius 2 is 1.17 bits per heavy atom. The van der Waals surface area contributed by atoms with Crippen molar-refractivity contribution in [2.75, 3.05) is 4.81 Å². The van der Waals surface area contributed by atoms with Crippen molar-refractivity contribution in [3.63, 3.8) is 0 Å². The van der Waals surface area contributed by atoms with Crippen LogP contribution in [-0.2, 0) is 27.1 Å². The quantitative estimate of drug-likeness (QED) is 0.149. The minimum atomic E-state index is -0.0242. The first kappa shape index (κ1) is 39.7. The third-order valence-electron chi connectivity index (χ3n) is 15.5. The van der Waals surface area contributed by atoms with Crippen LogP contribution >= 0.6 is 22.7 Å². The molecular formula is C58H59BN2S2. The standard InChI is InChI=1S/C58H59BN2S2/c1-54(2,3)32-18-22-35(23-19-32)61-42-24-20-33(55(4,5)6)28-37(42)46-47-36-16-14-15-17-44(36)62-52(47)48-38-30-40-41(58(12,13)27-26-57(40,10)11)31-43(38)60-50-39-29-34(56(7,8)9)21-25-45(39)63-53(50)59(61)49(46)51(48)60/h14-25,28-31H,26-27H2,1-13H3. The molecule has 3 aromatic heterocycles. The van der Waals surface area contributed by atoms with E-state index in [1.165, 1.54) is 131 Å². The molecule has 0 saturated heterocycles. The molecule has 2 aliphatic heterocycles. The molecule has 0 saturated carbocycles. The second-order valence-electron chi connectivity index (χ2n) is 23.7. The zero-order valence-corrected chi connectivity index (χ0v) is 41.1. The fourth-order valence-electron chi connectivity index (χ4n) is 11.7. The van der Waals surface area contributed by atoms with Crippen LogP contribution in [0.15, 0.2) is 97.1 Å². The van der Waals surface area contributed by atoms with Gasteiger partial charge in [0.15, 0.2) is 0 Å². The molecule has 12 rings (SSSR count). The number of nitrogens with zero attached hydrogens (tertiary/aromatic N) is 2.